The minimum Gasteiger partial charge on any atom is -0.506 e. The van der Waals surface area contributed by atoms with Gasteiger partial charge in [0.2, 0.25) is 5.91 Å². The fraction of sp³-hybridized carbons (Fsp3) is 0.318. The van der Waals surface area contributed by atoms with Crippen molar-refractivity contribution in [1.29, 1.82) is 0 Å². The maximum atomic E-state index is 13.9. The molecule has 1 fully saturated rings. The minimum atomic E-state index is -0.961. The monoisotopic (exact) mass is 504 g/mol. The maximum absolute atomic E-state index is 13.9. The van der Waals surface area contributed by atoms with E-state index in [1.165, 1.54) is 12.1 Å². The molecular formula is C22H23BBrFN2O5. The van der Waals surface area contributed by atoms with Crippen LogP contribution in [0.25, 0.3) is 0 Å². The molecule has 3 rings (SSSR count). The number of carbonyl (C=O) groups excluding carboxylic acids is 3. The second kappa shape index (κ2) is 10.7. The molecule has 1 aliphatic heterocycles. The van der Waals surface area contributed by atoms with Gasteiger partial charge in [-0.3, -0.25) is 14.4 Å². The van der Waals surface area contributed by atoms with Gasteiger partial charge >= 0.3 is 13.1 Å². The Morgan fingerprint density at radius 2 is 1.91 bits per heavy atom. The first-order valence-corrected chi connectivity index (χ1v) is 11.0. The summed E-state index contributed by atoms with van der Waals surface area (Å²) in [7, 11) is -0.961. The standard InChI is InChI=1S/C22H23BBrFN2O5/c1-13(2)10-18(23-31-20(22(30)32-23)14-6-4-3-5-7-14)27-19(28)12-26-21(29)16-11-15(24)8-9-17(16)25/h3-9,11,13,18,20H,10,12H2,1-2H3,(H,26,29)(H,27,28)/t18?,20-/m1/s1. The van der Waals surface area contributed by atoms with E-state index < -0.39 is 42.8 Å². The van der Waals surface area contributed by atoms with Crippen molar-refractivity contribution in [3.05, 3.63) is 69.9 Å². The van der Waals surface area contributed by atoms with Crippen molar-refractivity contribution >= 4 is 40.8 Å². The average molecular weight is 505 g/mol. The first-order chi connectivity index (χ1) is 15.2. The molecule has 1 saturated heterocycles. The van der Waals surface area contributed by atoms with Crippen LogP contribution in [-0.4, -0.2) is 37.4 Å². The van der Waals surface area contributed by atoms with Crippen molar-refractivity contribution < 1.29 is 28.1 Å². The van der Waals surface area contributed by atoms with Crippen molar-refractivity contribution in [2.45, 2.75) is 32.3 Å². The Bertz CT molecular complexity index is 992. The summed E-state index contributed by atoms with van der Waals surface area (Å²) in [6, 6.07) is 12.9. The Morgan fingerprint density at radius 1 is 1.19 bits per heavy atom. The van der Waals surface area contributed by atoms with Crippen LogP contribution < -0.4 is 10.6 Å². The Kier molecular flexibility index (Phi) is 8.03. The molecule has 0 aromatic heterocycles. The first kappa shape index (κ1) is 23.9. The van der Waals surface area contributed by atoms with Crippen LogP contribution in [0.15, 0.2) is 53.0 Å². The summed E-state index contributed by atoms with van der Waals surface area (Å²) in [6.45, 7) is 3.55. The van der Waals surface area contributed by atoms with Crippen molar-refractivity contribution in [3.8, 4) is 0 Å². The molecule has 2 aromatic carbocycles. The van der Waals surface area contributed by atoms with Crippen molar-refractivity contribution in [3.63, 3.8) is 0 Å². The minimum absolute atomic E-state index is 0.170. The van der Waals surface area contributed by atoms with Crippen LogP contribution >= 0.6 is 15.9 Å². The smallest absolute Gasteiger partial charge is 0.506 e. The Labute approximate surface area is 194 Å². The number of nitrogens with one attached hydrogen (secondary N) is 2. The van der Waals surface area contributed by atoms with Crippen molar-refractivity contribution in [2.24, 2.45) is 5.92 Å². The highest BCUT2D eigenvalue weighted by Gasteiger charge is 2.46. The number of hydrogen-bond acceptors (Lipinski definition) is 5. The van der Waals surface area contributed by atoms with Gasteiger partial charge in [-0.2, -0.15) is 0 Å². The number of hydrogen-bond donors (Lipinski definition) is 2. The molecule has 0 spiro atoms. The Hall–Kier alpha value is -2.72. The second-order valence-electron chi connectivity index (χ2n) is 7.84. The zero-order valence-corrected chi connectivity index (χ0v) is 19.2. The highest BCUT2D eigenvalue weighted by molar-refractivity contribution is 9.10. The lowest BCUT2D eigenvalue weighted by molar-refractivity contribution is -0.136. The second-order valence-corrected chi connectivity index (χ2v) is 8.76. The Balaban J connectivity index is 1.61. The maximum Gasteiger partial charge on any atom is 0.552 e. The summed E-state index contributed by atoms with van der Waals surface area (Å²) in [4.78, 5) is 37.1. The fourth-order valence-electron chi connectivity index (χ4n) is 3.34. The average Bonchev–Trinajstić information content (AvgIpc) is 3.15. The van der Waals surface area contributed by atoms with E-state index in [0.29, 0.717) is 16.5 Å². The molecular weight excluding hydrogens is 482 g/mol. The van der Waals surface area contributed by atoms with Gasteiger partial charge in [0, 0.05) is 4.47 Å². The highest BCUT2D eigenvalue weighted by atomic mass is 79.9. The van der Waals surface area contributed by atoms with Crippen LogP contribution in [0.5, 0.6) is 0 Å². The molecule has 1 aliphatic rings. The van der Waals surface area contributed by atoms with E-state index in [9.17, 15) is 18.8 Å². The van der Waals surface area contributed by atoms with Gasteiger partial charge in [0.05, 0.1) is 18.0 Å². The van der Waals surface area contributed by atoms with E-state index in [1.54, 1.807) is 24.3 Å². The van der Waals surface area contributed by atoms with Gasteiger partial charge in [-0.05, 0) is 36.1 Å². The lowest BCUT2D eigenvalue weighted by atomic mass is 9.74. The molecule has 0 saturated carbocycles. The number of amides is 2. The van der Waals surface area contributed by atoms with Crippen LogP contribution in [0.4, 0.5) is 4.39 Å². The van der Waals surface area contributed by atoms with E-state index in [4.69, 9.17) is 9.31 Å². The number of carbonyl (C=O) groups is 3. The quantitative estimate of drug-likeness (QED) is 0.538. The van der Waals surface area contributed by atoms with E-state index in [1.807, 2.05) is 19.9 Å². The van der Waals surface area contributed by atoms with Gasteiger partial charge in [-0.25, -0.2) is 4.39 Å². The summed E-state index contributed by atoms with van der Waals surface area (Å²) < 4.78 is 25.6. The van der Waals surface area contributed by atoms with Crippen molar-refractivity contribution in [2.75, 3.05) is 6.54 Å². The van der Waals surface area contributed by atoms with E-state index >= 15 is 0 Å². The van der Waals surface area contributed by atoms with E-state index in [-0.39, 0.29) is 18.0 Å². The first-order valence-electron chi connectivity index (χ1n) is 10.2. The van der Waals surface area contributed by atoms with Crippen LogP contribution in [-0.2, 0) is 18.9 Å². The number of rotatable bonds is 8. The largest absolute Gasteiger partial charge is 0.552 e. The van der Waals surface area contributed by atoms with E-state index in [0.717, 1.165) is 6.07 Å². The third kappa shape index (κ3) is 6.17. The predicted molar refractivity (Wildman–Crippen MR) is 120 cm³/mol. The SMILES string of the molecule is CC(C)CC(NC(=O)CNC(=O)c1cc(Br)ccc1F)B1OC(=O)[C@@H](c2ccccc2)O1. The summed E-state index contributed by atoms with van der Waals surface area (Å²) in [5.74, 6) is -2.89. The fourth-order valence-corrected chi connectivity index (χ4v) is 3.71. The van der Waals surface area contributed by atoms with Gasteiger partial charge < -0.3 is 19.9 Å². The zero-order valence-electron chi connectivity index (χ0n) is 17.6. The lowest BCUT2D eigenvalue weighted by Crippen LogP contribution is -2.50. The third-order valence-corrected chi connectivity index (χ3v) is 5.29. The molecule has 0 aliphatic carbocycles. The third-order valence-electron chi connectivity index (χ3n) is 4.80. The zero-order chi connectivity index (χ0) is 23.3. The van der Waals surface area contributed by atoms with Gasteiger partial charge in [0.1, 0.15) is 5.82 Å². The van der Waals surface area contributed by atoms with Gasteiger partial charge in [0.15, 0.2) is 6.10 Å². The molecule has 2 amide bonds. The van der Waals surface area contributed by atoms with Gasteiger partial charge in [0.25, 0.3) is 5.91 Å². The molecule has 2 N–H and O–H groups in total. The predicted octanol–water partition coefficient (Wildman–Crippen LogP) is 3.19. The van der Waals surface area contributed by atoms with Gasteiger partial charge in [-0.15, -0.1) is 0 Å². The summed E-state index contributed by atoms with van der Waals surface area (Å²) in [5, 5.41) is 5.16. The molecule has 32 heavy (non-hydrogen) atoms. The summed E-state index contributed by atoms with van der Waals surface area (Å²) >= 11 is 3.18. The Morgan fingerprint density at radius 3 is 2.59 bits per heavy atom. The van der Waals surface area contributed by atoms with Gasteiger partial charge in [-0.1, -0.05) is 60.1 Å². The van der Waals surface area contributed by atoms with E-state index in [2.05, 4.69) is 26.6 Å². The number of halogens is 2. The van der Waals surface area contributed by atoms with Crippen LogP contribution in [0.3, 0.4) is 0 Å². The molecule has 1 unspecified atom stereocenters. The summed E-state index contributed by atoms with van der Waals surface area (Å²) in [5.41, 5.74) is 0.489. The molecule has 0 radical (unpaired) electrons. The summed E-state index contributed by atoms with van der Waals surface area (Å²) in [6.07, 6.45) is -0.383. The van der Waals surface area contributed by atoms with Crippen LogP contribution in [0, 0.1) is 11.7 Å². The molecule has 1 heterocycles. The highest BCUT2D eigenvalue weighted by Crippen LogP contribution is 2.28. The molecule has 10 heteroatoms. The van der Waals surface area contributed by atoms with Crippen LogP contribution in [0.1, 0.15) is 42.3 Å². The van der Waals surface area contributed by atoms with Crippen LogP contribution in [0.2, 0.25) is 0 Å². The number of benzene rings is 2. The molecule has 0 bridgehead atoms. The normalized spacial score (nSPS) is 16.6. The van der Waals surface area contributed by atoms with Crippen molar-refractivity contribution in [1.82, 2.24) is 10.6 Å². The molecule has 2 aromatic rings. The topological polar surface area (TPSA) is 93.7 Å². The molecule has 2 atom stereocenters. The lowest BCUT2D eigenvalue weighted by Gasteiger charge is -2.21. The molecule has 7 nitrogen and oxygen atoms in total. The molecule has 168 valence electrons.